The van der Waals surface area contributed by atoms with E-state index in [0.29, 0.717) is 18.5 Å². The molecular formula is C14H20IN5. The summed E-state index contributed by atoms with van der Waals surface area (Å²) in [6.07, 6.45) is 2.44. The summed E-state index contributed by atoms with van der Waals surface area (Å²) in [5.74, 6) is 1.45. The lowest BCUT2D eigenvalue weighted by molar-refractivity contribution is 0.487. The zero-order chi connectivity index (χ0) is 13.4. The Balaban J connectivity index is 0.00000147. The molecule has 0 radical (unpaired) electrons. The van der Waals surface area contributed by atoms with Crippen LogP contribution in [0.4, 0.5) is 0 Å². The summed E-state index contributed by atoms with van der Waals surface area (Å²) >= 11 is 0. The van der Waals surface area contributed by atoms with Crippen molar-refractivity contribution in [1.82, 2.24) is 14.9 Å². The van der Waals surface area contributed by atoms with Crippen LogP contribution in [0.15, 0.2) is 23.2 Å². The third kappa shape index (κ3) is 3.23. The molecule has 0 aliphatic heterocycles. The van der Waals surface area contributed by atoms with Crippen LogP contribution in [0.2, 0.25) is 0 Å². The number of guanidine groups is 1. The molecule has 0 bridgehead atoms. The number of hydrogen-bond acceptors (Lipinski definition) is 2. The largest absolute Gasteiger partial charge is 0.370 e. The highest BCUT2D eigenvalue weighted by Gasteiger charge is 2.27. The Labute approximate surface area is 135 Å². The molecule has 1 aromatic heterocycles. The van der Waals surface area contributed by atoms with Crippen LogP contribution >= 0.6 is 24.0 Å². The molecule has 3 N–H and O–H groups in total. The summed E-state index contributed by atoms with van der Waals surface area (Å²) in [4.78, 5) is 14.2. The molecule has 1 fully saturated rings. The Kier molecular flexibility index (Phi) is 4.52. The van der Waals surface area contributed by atoms with E-state index in [-0.39, 0.29) is 24.0 Å². The zero-order valence-electron chi connectivity index (χ0n) is 11.8. The zero-order valence-corrected chi connectivity index (χ0v) is 14.1. The minimum absolute atomic E-state index is 0. The molecule has 0 atom stereocenters. The number of nitrogens with two attached hydrogens (primary N) is 1. The quantitative estimate of drug-likeness (QED) is 0.484. The van der Waals surface area contributed by atoms with Crippen molar-refractivity contribution in [3.05, 3.63) is 29.6 Å². The van der Waals surface area contributed by atoms with Gasteiger partial charge < -0.3 is 15.6 Å². The number of nitrogens with one attached hydrogen (secondary N) is 1. The van der Waals surface area contributed by atoms with Gasteiger partial charge in [0.05, 0.1) is 11.0 Å². The molecule has 1 saturated carbocycles. The van der Waals surface area contributed by atoms with Crippen LogP contribution < -0.4 is 5.73 Å². The van der Waals surface area contributed by atoms with E-state index < -0.39 is 0 Å². The Morgan fingerprint density at radius 2 is 2.25 bits per heavy atom. The van der Waals surface area contributed by atoms with Gasteiger partial charge in [-0.3, -0.25) is 0 Å². The second-order valence-corrected chi connectivity index (χ2v) is 5.22. The van der Waals surface area contributed by atoms with Gasteiger partial charge in [-0.2, -0.15) is 0 Å². The van der Waals surface area contributed by atoms with E-state index in [1.54, 1.807) is 0 Å². The van der Waals surface area contributed by atoms with Crippen molar-refractivity contribution in [3.63, 3.8) is 0 Å². The van der Waals surface area contributed by atoms with Crippen molar-refractivity contribution in [2.24, 2.45) is 10.7 Å². The van der Waals surface area contributed by atoms with Crippen LogP contribution in [0.3, 0.4) is 0 Å². The Bertz CT molecular complexity index is 630. The van der Waals surface area contributed by atoms with E-state index >= 15 is 0 Å². The van der Waals surface area contributed by atoms with Gasteiger partial charge in [-0.25, -0.2) is 9.98 Å². The monoisotopic (exact) mass is 385 g/mol. The van der Waals surface area contributed by atoms with E-state index in [1.807, 2.05) is 18.0 Å². The van der Waals surface area contributed by atoms with E-state index in [0.717, 1.165) is 16.9 Å². The maximum Gasteiger partial charge on any atom is 0.191 e. The second kappa shape index (κ2) is 5.99. The number of benzene rings is 1. The lowest BCUT2D eigenvalue weighted by Gasteiger charge is -2.16. The van der Waals surface area contributed by atoms with Gasteiger partial charge in [0.1, 0.15) is 12.4 Å². The number of nitrogens with zero attached hydrogens (tertiary/aromatic N) is 3. The molecule has 1 aliphatic carbocycles. The lowest BCUT2D eigenvalue weighted by atomic mass is 10.2. The van der Waals surface area contributed by atoms with E-state index in [4.69, 9.17) is 5.73 Å². The highest BCUT2D eigenvalue weighted by molar-refractivity contribution is 14.0. The van der Waals surface area contributed by atoms with Crippen LogP contribution in [0.5, 0.6) is 0 Å². The van der Waals surface area contributed by atoms with Crippen molar-refractivity contribution in [3.8, 4) is 0 Å². The number of hydrogen-bond donors (Lipinski definition) is 2. The molecule has 6 heteroatoms. The van der Waals surface area contributed by atoms with E-state index in [2.05, 4.69) is 34.0 Å². The summed E-state index contributed by atoms with van der Waals surface area (Å²) in [6, 6.07) is 6.76. The first kappa shape index (κ1) is 15.1. The first-order chi connectivity index (χ1) is 9.13. The number of rotatable bonds is 3. The van der Waals surface area contributed by atoms with Crippen LogP contribution in [0.25, 0.3) is 11.0 Å². The molecule has 5 nitrogen and oxygen atoms in total. The summed E-state index contributed by atoms with van der Waals surface area (Å²) in [5.41, 5.74) is 9.21. The van der Waals surface area contributed by atoms with Crippen molar-refractivity contribution in [2.45, 2.75) is 32.4 Å². The van der Waals surface area contributed by atoms with Gasteiger partial charge in [0, 0.05) is 13.1 Å². The number of aliphatic imine (C=N–C) groups is 1. The molecule has 0 spiro atoms. The number of imidazole rings is 1. The number of fused-ring (bicyclic) bond motifs is 1. The topological polar surface area (TPSA) is 70.3 Å². The van der Waals surface area contributed by atoms with E-state index in [1.165, 1.54) is 18.4 Å². The fourth-order valence-electron chi connectivity index (χ4n) is 2.17. The standard InChI is InChI=1S/C14H19N5.HI/c1-9-3-6-11-12(7-9)18-13(17-11)8-16-14(15)19(2)10-4-5-10;/h3,6-7,10H,4-5,8H2,1-2H3,(H2,15,16)(H,17,18);1H. The van der Waals surface area contributed by atoms with Gasteiger partial charge in [-0.15, -0.1) is 24.0 Å². The first-order valence-electron chi connectivity index (χ1n) is 6.61. The Morgan fingerprint density at radius 1 is 1.50 bits per heavy atom. The number of halogens is 1. The summed E-state index contributed by atoms with van der Waals surface area (Å²) in [5, 5.41) is 0. The highest BCUT2D eigenvalue weighted by Crippen LogP contribution is 2.24. The van der Waals surface area contributed by atoms with Crippen molar-refractivity contribution in [2.75, 3.05) is 7.05 Å². The minimum Gasteiger partial charge on any atom is -0.370 e. The molecule has 108 valence electrons. The Hall–Kier alpha value is -1.31. The van der Waals surface area contributed by atoms with Crippen LogP contribution in [-0.4, -0.2) is 33.9 Å². The lowest BCUT2D eigenvalue weighted by Crippen LogP contribution is -2.35. The van der Waals surface area contributed by atoms with Crippen molar-refractivity contribution >= 4 is 41.0 Å². The predicted octanol–water partition coefficient (Wildman–Crippen LogP) is 2.40. The van der Waals surface area contributed by atoms with Crippen LogP contribution in [-0.2, 0) is 6.54 Å². The molecule has 1 aliphatic rings. The molecule has 0 saturated heterocycles. The molecule has 1 aromatic carbocycles. The molecule has 1 heterocycles. The maximum atomic E-state index is 5.96. The Morgan fingerprint density at radius 3 is 2.95 bits per heavy atom. The summed E-state index contributed by atoms with van der Waals surface area (Å²) < 4.78 is 0. The molecule has 0 amide bonds. The fraction of sp³-hybridized carbons (Fsp3) is 0.429. The van der Waals surface area contributed by atoms with Crippen molar-refractivity contribution < 1.29 is 0 Å². The van der Waals surface area contributed by atoms with Gasteiger partial charge in [-0.05, 0) is 37.5 Å². The minimum atomic E-state index is 0. The smallest absolute Gasteiger partial charge is 0.191 e. The third-order valence-corrected chi connectivity index (χ3v) is 3.53. The summed E-state index contributed by atoms with van der Waals surface area (Å²) in [7, 11) is 2.00. The average molecular weight is 385 g/mol. The average Bonchev–Trinajstić information content (AvgIpc) is 3.16. The second-order valence-electron chi connectivity index (χ2n) is 5.22. The molecular weight excluding hydrogens is 365 g/mol. The molecule has 3 rings (SSSR count). The van der Waals surface area contributed by atoms with Gasteiger partial charge in [-0.1, -0.05) is 6.07 Å². The number of aromatic nitrogens is 2. The molecule has 0 unspecified atom stereocenters. The highest BCUT2D eigenvalue weighted by atomic mass is 127. The van der Waals surface area contributed by atoms with Gasteiger partial charge in [0.2, 0.25) is 0 Å². The van der Waals surface area contributed by atoms with Gasteiger partial charge in [0.15, 0.2) is 5.96 Å². The van der Waals surface area contributed by atoms with Crippen molar-refractivity contribution in [1.29, 1.82) is 0 Å². The molecule has 2 aromatic rings. The maximum absolute atomic E-state index is 5.96. The predicted molar refractivity (Wildman–Crippen MR) is 92.4 cm³/mol. The van der Waals surface area contributed by atoms with Crippen LogP contribution in [0.1, 0.15) is 24.2 Å². The number of aryl methyl sites for hydroxylation is 1. The van der Waals surface area contributed by atoms with Crippen LogP contribution in [0, 0.1) is 6.92 Å². The first-order valence-corrected chi connectivity index (χ1v) is 6.61. The number of aromatic amines is 1. The molecule has 20 heavy (non-hydrogen) atoms. The fourth-order valence-corrected chi connectivity index (χ4v) is 2.17. The van der Waals surface area contributed by atoms with Gasteiger partial charge >= 0.3 is 0 Å². The summed E-state index contributed by atoms with van der Waals surface area (Å²) in [6.45, 7) is 2.57. The number of H-pyrrole nitrogens is 1. The van der Waals surface area contributed by atoms with Gasteiger partial charge in [0.25, 0.3) is 0 Å². The SMILES string of the molecule is Cc1ccc2nc(CN=C(N)N(C)C3CC3)[nH]c2c1.I. The third-order valence-electron chi connectivity index (χ3n) is 3.53. The van der Waals surface area contributed by atoms with E-state index in [9.17, 15) is 0 Å². The normalized spacial score (nSPS) is 15.2.